The number of hydrogen-bond donors (Lipinski definition) is 3. The number of allylic oxidation sites excluding steroid dienone is 2. The number of benzene rings is 2. The number of aliphatic hydroxyl groups is 3. The van der Waals surface area contributed by atoms with E-state index < -0.39 is 18.0 Å². The van der Waals surface area contributed by atoms with E-state index >= 15 is 0 Å². The number of halogens is 6. The van der Waals surface area contributed by atoms with E-state index in [9.17, 15) is 36.6 Å². The predicted molar refractivity (Wildman–Crippen MR) is 115 cm³/mol. The Balaban J connectivity index is 2.25. The van der Waals surface area contributed by atoms with Crippen molar-refractivity contribution in [3.05, 3.63) is 76.4 Å². The summed E-state index contributed by atoms with van der Waals surface area (Å²) in [4.78, 5) is 0. The number of alkyl halides is 6. The van der Waals surface area contributed by atoms with Crippen molar-refractivity contribution >= 4 is 5.57 Å². The van der Waals surface area contributed by atoms with Crippen LogP contribution in [0, 0.1) is 11.8 Å². The maximum Gasteiger partial charge on any atom is 0.438 e. The molecule has 34 heavy (non-hydrogen) atoms. The second-order valence-electron chi connectivity index (χ2n) is 7.62. The molecule has 0 atom stereocenters. The van der Waals surface area contributed by atoms with Gasteiger partial charge >= 0.3 is 18.0 Å². The van der Waals surface area contributed by atoms with Gasteiger partial charge in [0.15, 0.2) is 0 Å². The summed E-state index contributed by atoms with van der Waals surface area (Å²) < 4.78 is 76.7. The van der Waals surface area contributed by atoms with Crippen LogP contribution < -0.4 is 0 Å². The van der Waals surface area contributed by atoms with Crippen LogP contribution in [0.15, 0.2) is 48.5 Å². The van der Waals surface area contributed by atoms with Crippen LogP contribution in [0.1, 0.15) is 41.2 Å². The predicted octanol–water partition coefficient (Wildman–Crippen LogP) is 5.11. The Labute approximate surface area is 193 Å². The molecule has 0 aliphatic carbocycles. The molecule has 9 heteroatoms. The summed E-state index contributed by atoms with van der Waals surface area (Å²) in [6.45, 7) is 1.29. The zero-order chi connectivity index (χ0) is 25.6. The molecule has 184 valence electrons. The summed E-state index contributed by atoms with van der Waals surface area (Å²) in [6, 6.07) is 12.4. The Bertz CT molecular complexity index is 1060. The van der Waals surface area contributed by atoms with Gasteiger partial charge in [0.25, 0.3) is 0 Å². The van der Waals surface area contributed by atoms with Crippen LogP contribution in [-0.4, -0.2) is 33.3 Å². The van der Waals surface area contributed by atoms with Crippen LogP contribution in [0.5, 0.6) is 0 Å². The summed E-state index contributed by atoms with van der Waals surface area (Å²) in [7, 11) is 0. The molecular weight excluding hydrogens is 462 g/mol. The highest BCUT2D eigenvalue weighted by molar-refractivity contribution is 5.68. The molecule has 2 aromatic rings. The minimum atomic E-state index is -6.00. The standard InChI is InChI=1S/C25H24F6O3/c1-2-19(7-4-12-23(34,24(26,27)28)25(29,30)31)20-6-3-5-17(13-20)8-9-18-10-11-21(15-32)22(14-18)16-33/h3,5-7,10-11,13-14,32-34H,2,8-9,15-16H2,1H3. The Morgan fingerprint density at radius 3 is 1.97 bits per heavy atom. The lowest BCUT2D eigenvalue weighted by atomic mass is 9.96. The Kier molecular flexibility index (Phi) is 8.95. The largest absolute Gasteiger partial charge is 0.438 e. The monoisotopic (exact) mass is 486 g/mol. The lowest BCUT2D eigenvalue weighted by molar-refractivity contribution is -0.343. The topological polar surface area (TPSA) is 60.7 Å². The second-order valence-corrected chi connectivity index (χ2v) is 7.62. The molecule has 2 rings (SSSR count). The fourth-order valence-corrected chi connectivity index (χ4v) is 3.27. The fourth-order valence-electron chi connectivity index (χ4n) is 3.27. The quantitative estimate of drug-likeness (QED) is 0.377. The lowest BCUT2D eigenvalue weighted by Gasteiger charge is -2.27. The van der Waals surface area contributed by atoms with E-state index in [0.29, 0.717) is 35.1 Å². The zero-order valence-corrected chi connectivity index (χ0v) is 18.3. The molecule has 0 saturated carbocycles. The molecular formula is C25H24F6O3. The van der Waals surface area contributed by atoms with Crippen molar-refractivity contribution in [3.63, 3.8) is 0 Å². The summed E-state index contributed by atoms with van der Waals surface area (Å²) >= 11 is 0. The lowest BCUT2D eigenvalue weighted by Crippen LogP contribution is -2.55. The number of hydrogen-bond acceptors (Lipinski definition) is 3. The van der Waals surface area contributed by atoms with E-state index in [2.05, 4.69) is 0 Å². The molecule has 0 spiro atoms. The van der Waals surface area contributed by atoms with Crippen molar-refractivity contribution in [3.8, 4) is 11.8 Å². The number of aryl methyl sites for hydroxylation is 2. The molecule has 0 heterocycles. The van der Waals surface area contributed by atoms with Gasteiger partial charge in [0.1, 0.15) is 0 Å². The SMILES string of the molecule is CCC(=CC#CC(O)(C(F)(F)F)C(F)(F)F)c1cccc(CCc2ccc(CO)c(CO)c2)c1. The van der Waals surface area contributed by atoms with E-state index in [-0.39, 0.29) is 19.6 Å². The Hall–Kier alpha value is -2.80. The first-order valence-corrected chi connectivity index (χ1v) is 10.4. The summed E-state index contributed by atoms with van der Waals surface area (Å²) in [5, 5.41) is 27.9. The molecule has 0 aliphatic rings. The van der Waals surface area contributed by atoms with Crippen molar-refractivity contribution in [2.45, 2.75) is 57.4 Å². The van der Waals surface area contributed by atoms with Gasteiger partial charge < -0.3 is 15.3 Å². The third-order valence-corrected chi connectivity index (χ3v) is 5.31. The van der Waals surface area contributed by atoms with Crippen LogP contribution in [0.3, 0.4) is 0 Å². The van der Waals surface area contributed by atoms with E-state index in [1.54, 1.807) is 43.2 Å². The molecule has 0 amide bonds. The van der Waals surface area contributed by atoms with Gasteiger partial charge in [0.2, 0.25) is 0 Å². The van der Waals surface area contributed by atoms with E-state index in [1.165, 1.54) is 0 Å². The molecule has 0 aliphatic heterocycles. The maximum absolute atomic E-state index is 12.8. The molecule has 0 bridgehead atoms. The summed E-state index contributed by atoms with van der Waals surface area (Å²) in [5.41, 5.74) is -1.04. The normalized spacial score (nSPS) is 12.9. The van der Waals surface area contributed by atoms with Crippen molar-refractivity contribution in [2.75, 3.05) is 0 Å². The number of rotatable bonds is 7. The highest BCUT2D eigenvalue weighted by Crippen LogP contribution is 2.42. The first kappa shape index (κ1) is 27.4. The minimum absolute atomic E-state index is 0.184. The molecule has 3 nitrogen and oxygen atoms in total. The molecule has 0 unspecified atom stereocenters. The van der Waals surface area contributed by atoms with Gasteiger partial charge in [-0.05, 0) is 64.6 Å². The molecule has 0 saturated heterocycles. The molecule has 0 radical (unpaired) electrons. The van der Waals surface area contributed by atoms with E-state index in [4.69, 9.17) is 5.11 Å². The van der Waals surface area contributed by atoms with Crippen molar-refractivity contribution in [1.29, 1.82) is 0 Å². The van der Waals surface area contributed by atoms with Gasteiger partial charge in [-0.15, -0.1) is 0 Å². The number of aliphatic hydroxyl groups excluding tert-OH is 2. The van der Waals surface area contributed by atoms with Gasteiger partial charge in [-0.3, -0.25) is 0 Å². The summed E-state index contributed by atoms with van der Waals surface area (Å²) in [5.74, 6) is 2.68. The first-order chi connectivity index (χ1) is 15.9. The van der Waals surface area contributed by atoms with Crippen LogP contribution >= 0.6 is 0 Å². The second kappa shape index (κ2) is 11.1. The maximum atomic E-state index is 12.8. The molecule has 0 fully saturated rings. The van der Waals surface area contributed by atoms with Crippen LogP contribution in [0.25, 0.3) is 5.57 Å². The van der Waals surface area contributed by atoms with Crippen molar-refractivity contribution in [2.24, 2.45) is 0 Å². The van der Waals surface area contributed by atoms with Crippen LogP contribution in [-0.2, 0) is 26.1 Å². The van der Waals surface area contributed by atoms with Gasteiger partial charge in [-0.2, -0.15) is 26.3 Å². The van der Waals surface area contributed by atoms with Crippen molar-refractivity contribution < 1.29 is 41.7 Å². The molecule has 0 aromatic heterocycles. The summed E-state index contributed by atoms with van der Waals surface area (Å²) in [6.07, 6.45) is -9.56. The first-order valence-electron chi connectivity index (χ1n) is 10.4. The molecule has 2 aromatic carbocycles. The van der Waals surface area contributed by atoms with Crippen LogP contribution in [0.4, 0.5) is 26.3 Å². The molecule has 3 N–H and O–H groups in total. The third kappa shape index (κ3) is 6.41. The van der Waals surface area contributed by atoms with E-state index in [0.717, 1.165) is 23.1 Å². The van der Waals surface area contributed by atoms with Gasteiger partial charge in [0, 0.05) is 0 Å². The fraction of sp³-hybridized carbons (Fsp3) is 0.360. The smallest absolute Gasteiger partial charge is 0.392 e. The highest BCUT2D eigenvalue weighted by atomic mass is 19.4. The average molecular weight is 486 g/mol. The van der Waals surface area contributed by atoms with Gasteiger partial charge in [0.05, 0.1) is 13.2 Å². The Morgan fingerprint density at radius 2 is 1.44 bits per heavy atom. The van der Waals surface area contributed by atoms with Crippen LogP contribution in [0.2, 0.25) is 0 Å². The van der Waals surface area contributed by atoms with Crippen molar-refractivity contribution in [1.82, 2.24) is 0 Å². The van der Waals surface area contributed by atoms with Gasteiger partial charge in [-0.25, -0.2) is 0 Å². The Morgan fingerprint density at radius 1 is 0.853 bits per heavy atom. The van der Waals surface area contributed by atoms with E-state index in [1.807, 2.05) is 12.1 Å². The highest BCUT2D eigenvalue weighted by Gasteiger charge is 2.70. The third-order valence-electron chi connectivity index (χ3n) is 5.31. The van der Waals surface area contributed by atoms with Gasteiger partial charge in [-0.1, -0.05) is 55.3 Å². The minimum Gasteiger partial charge on any atom is -0.392 e. The average Bonchev–Trinajstić information content (AvgIpc) is 2.78. The zero-order valence-electron chi connectivity index (χ0n) is 18.3.